The number of nitrogens with zero attached hydrogens (tertiary/aromatic N) is 2. The summed E-state index contributed by atoms with van der Waals surface area (Å²) in [7, 11) is 1.69. The van der Waals surface area contributed by atoms with Gasteiger partial charge in [-0.05, 0) is 25.3 Å². The molecule has 21 heavy (non-hydrogen) atoms. The molecule has 1 saturated heterocycles. The first kappa shape index (κ1) is 16.0. The summed E-state index contributed by atoms with van der Waals surface area (Å²) in [5.41, 5.74) is 0.502. The summed E-state index contributed by atoms with van der Waals surface area (Å²) >= 11 is 6.15. The van der Waals surface area contributed by atoms with Gasteiger partial charge in [0.05, 0.1) is 16.7 Å². The molecule has 6 heteroatoms. The number of anilines is 1. The van der Waals surface area contributed by atoms with Gasteiger partial charge in [-0.3, -0.25) is 4.79 Å². The minimum atomic E-state index is -0.0521. The van der Waals surface area contributed by atoms with Crippen LogP contribution in [-0.2, 0) is 4.74 Å². The van der Waals surface area contributed by atoms with Gasteiger partial charge in [-0.15, -0.1) is 0 Å². The van der Waals surface area contributed by atoms with Crippen LogP contribution in [0.5, 0.6) is 0 Å². The number of aromatic nitrogens is 1. The third kappa shape index (κ3) is 4.08. The minimum absolute atomic E-state index is 0.0521. The van der Waals surface area contributed by atoms with Gasteiger partial charge in [0.1, 0.15) is 5.82 Å². The number of rotatable bonds is 5. The zero-order valence-electron chi connectivity index (χ0n) is 12.6. The van der Waals surface area contributed by atoms with E-state index in [9.17, 15) is 4.79 Å². The monoisotopic (exact) mass is 311 g/mol. The summed E-state index contributed by atoms with van der Waals surface area (Å²) in [6.45, 7) is 4.26. The summed E-state index contributed by atoms with van der Waals surface area (Å²) in [5.74, 6) is 0.633. The number of likely N-dealkylation sites (tertiary alicyclic amines) is 1. The summed E-state index contributed by atoms with van der Waals surface area (Å²) < 4.78 is 5.36. The topological polar surface area (TPSA) is 54.5 Å². The van der Waals surface area contributed by atoms with E-state index in [4.69, 9.17) is 16.3 Å². The molecule has 2 rings (SSSR count). The number of pyridine rings is 1. The second-order valence-corrected chi connectivity index (χ2v) is 5.63. The van der Waals surface area contributed by atoms with Crippen molar-refractivity contribution in [2.24, 2.45) is 0 Å². The molecule has 1 aliphatic heterocycles. The molecule has 2 heterocycles. The van der Waals surface area contributed by atoms with Gasteiger partial charge in [0.2, 0.25) is 0 Å². The smallest absolute Gasteiger partial charge is 0.255 e. The number of amides is 1. The van der Waals surface area contributed by atoms with Crippen molar-refractivity contribution >= 4 is 23.3 Å². The van der Waals surface area contributed by atoms with E-state index in [1.807, 2.05) is 4.90 Å². The van der Waals surface area contributed by atoms with Gasteiger partial charge in [0, 0.05) is 32.9 Å². The highest BCUT2D eigenvalue weighted by atomic mass is 35.5. The molecule has 116 valence electrons. The Morgan fingerprint density at radius 1 is 1.62 bits per heavy atom. The Labute approximate surface area is 130 Å². The molecule has 1 aromatic rings. The first-order valence-electron chi connectivity index (χ1n) is 7.37. The Balaban J connectivity index is 2.13. The number of carbonyl (C=O) groups excluding carboxylic acids is 1. The fourth-order valence-corrected chi connectivity index (χ4v) is 2.62. The highest BCUT2D eigenvalue weighted by Gasteiger charge is 2.25. The van der Waals surface area contributed by atoms with Crippen molar-refractivity contribution in [3.8, 4) is 0 Å². The molecule has 1 fully saturated rings. The van der Waals surface area contributed by atoms with Crippen molar-refractivity contribution in [3.05, 3.63) is 22.8 Å². The average Bonchev–Trinajstić information content (AvgIpc) is 2.53. The SMILES string of the molecule is CCCNc1cc(C(=O)N2CCCC(OC)C2)c(Cl)cn1. The molecule has 1 unspecified atom stereocenters. The fourth-order valence-electron chi connectivity index (χ4n) is 2.44. The standard InChI is InChI=1S/C15H22ClN3O2/c1-3-6-17-14-8-12(13(16)9-18-14)15(20)19-7-4-5-11(10-19)21-2/h8-9,11H,3-7,10H2,1-2H3,(H,17,18). The van der Waals surface area contributed by atoms with Gasteiger partial charge < -0.3 is 15.0 Å². The summed E-state index contributed by atoms with van der Waals surface area (Å²) in [6.07, 6.45) is 4.59. The molecule has 0 radical (unpaired) electrons. The van der Waals surface area contributed by atoms with Crippen LogP contribution in [-0.4, -0.2) is 48.6 Å². The Morgan fingerprint density at radius 2 is 2.43 bits per heavy atom. The van der Waals surface area contributed by atoms with Gasteiger partial charge in [0.15, 0.2) is 0 Å². The molecular weight excluding hydrogens is 290 g/mol. The third-order valence-corrected chi connectivity index (χ3v) is 3.94. The lowest BCUT2D eigenvalue weighted by Crippen LogP contribution is -2.43. The van der Waals surface area contributed by atoms with Crippen molar-refractivity contribution < 1.29 is 9.53 Å². The zero-order valence-corrected chi connectivity index (χ0v) is 13.3. The van der Waals surface area contributed by atoms with Crippen molar-refractivity contribution in [2.45, 2.75) is 32.3 Å². The van der Waals surface area contributed by atoms with Gasteiger partial charge in [0.25, 0.3) is 5.91 Å². The van der Waals surface area contributed by atoms with Crippen LogP contribution in [0.2, 0.25) is 5.02 Å². The van der Waals surface area contributed by atoms with Crippen LogP contribution in [0, 0.1) is 0 Å². The Hall–Kier alpha value is -1.33. The van der Waals surface area contributed by atoms with Crippen molar-refractivity contribution in [3.63, 3.8) is 0 Å². The molecule has 1 atom stereocenters. The maximum absolute atomic E-state index is 12.6. The van der Waals surface area contributed by atoms with E-state index < -0.39 is 0 Å². The number of ether oxygens (including phenoxy) is 1. The predicted molar refractivity (Wildman–Crippen MR) is 84.0 cm³/mol. The second-order valence-electron chi connectivity index (χ2n) is 5.23. The highest BCUT2D eigenvalue weighted by Crippen LogP contribution is 2.22. The lowest BCUT2D eigenvalue weighted by Gasteiger charge is -2.32. The predicted octanol–water partition coefficient (Wildman–Crippen LogP) is 2.81. The van der Waals surface area contributed by atoms with Gasteiger partial charge in [-0.25, -0.2) is 4.98 Å². The maximum Gasteiger partial charge on any atom is 0.255 e. The average molecular weight is 312 g/mol. The first-order valence-corrected chi connectivity index (χ1v) is 7.75. The molecule has 1 amide bonds. The summed E-state index contributed by atoms with van der Waals surface area (Å²) in [5, 5.41) is 3.56. The van der Waals surface area contributed by atoms with E-state index in [1.165, 1.54) is 6.20 Å². The van der Waals surface area contributed by atoms with Crippen LogP contribution < -0.4 is 5.32 Å². The first-order chi connectivity index (χ1) is 10.2. The van der Waals surface area contributed by atoms with E-state index in [2.05, 4.69) is 17.2 Å². The molecule has 0 aromatic carbocycles. The zero-order chi connectivity index (χ0) is 15.2. The maximum atomic E-state index is 12.6. The molecule has 0 saturated carbocycles. The largest absolute Gasteiger partial charge is 0.380 e. The van der Waals surface area contributed by atoms with E-state index >= 15 is 0 Å². The van der Waals surface area contributed by atoms with E-state index in [1.54, 1.807) is 13.2 Å². The van der Waals surface area contributed by atoms with Crippen LogP contribution in [0.15, 0.2) is 12.3 Å². The molecule has 0 spiro atoms. The van der Waals surface area contributed by atoms with E-state index in [-0.39, 0.29) is 12.0 Å². The molecule has 1 aromatic heterocycles. The van der Waals surface area contributed by atoms with Crippen LogP contribution in [0.3, 0.4) is 0 Å². The quantitative estimate of drug-likeness (QED) is 0.908. The number of methoxy groups -OCH3 is 1. The molecule has 0 aliphatic carbocycles. The number of nitrogens with one attached hydrogen (secondary N) is 1. The Bertz CT molecular complexity index is 496. The number of hydrogen-bond donors (Lipinski definition) is 1. The molecule has 0 bridgehead atoms. The normalized spacial score (nSPS) is 18.6. The minimum Gasteiger partial charge on any atom is -0.380 e. The number of carbonyl (C=O) groups is 1. The van der Waals surface area contributed by atoms with E-state index in [0.29, 0.717) is 22.9 Å². The fraction of sp³-hybridized carbons (Fsp3) is 0.600. The second kappa shape index (κ2) is 7.61. The lowest BCUT2D eigenvalue weighted by molar-refractivity contribution is 0.0269. The highest BCUT2D eigenvalue weighted by molar-refractivity contribution is 6.33. The van der Waals surface area contributed by atoms with Crippen molar-refractivity contribution in [1.29, 1.82) is 0 Å². The molecule has 1 aliphatic rings. The van der Waals surface area contributed by atoms with Crippen LogP contribution in [0.25, 0.3) is 0 Å². The van der Waals surface area contributed by atoms with Gasteiger partial charge in [-0.2, -0.15) is 0 Å². The molecule has 1 N–H and O–H groups in total. The van der Waals surface area contributed by atoms with Gasteiger partial charge >= 0.3 is 0 Å². The van der Waals surface area contributed by atoms with E-state index in [0.717, 1.165) is 32.4 Å². The van der Waals surface area contributed by atoms with Gasteiger partial charge in [-0.1, -0.05) is 18.5 Å². The number of halogens is 1. The van der Waals surface area contributed by atoms with Crippen LogP contribution in [0.1, 0.15) is 36.5 Å². The molecular formula is C15H22ClN3O2. The van der Waals surface area contributed by atoms with Crippen LogP contribution in [0.4, 0.5) is 5.82 Å². The summed E-state index contributed by atoms with van der Waals surface area (Å²) in [4.78, 5) is 18.6. The van der Waals surface area contributed by atoms with Crippen molar-refractivity contribution in [2.75, 3.05) is 32.1 Å². The number of hydrogen-bond acceptors (Lipinski definition) is 4. The Morgan fingerprint density at radius 3 is 3.14 bits per heavy atom. The number of piperidine rings is 1. The molecule has 5 nitrogen and oxygen atoms in total. The lowest BCUT2D eigenvalue weighted by atomic mass is 10.1. The Kier molecular flexibility index (Phi) is 5.82. The summed E-state index contributed by atoms with van der Waals surface area (Å²) in [6, 6.07) is 1.73. The van der Waals surface area contributed by atoms with Crippen LogP contribution >= 0.6 is 11.6 Å². The van der Waals surface area contributed by atoms with Crippen molar-refractivity contribution in [1.82, 2.24) is 9.88 Å². The third-order valence-electron chi connectivity index (χ3n) is 3.64.